The Morgan fingerprint density at radius 2 is 2.35 bits per heavy atom. The zero-order valence-electron chi connectivity index (χ0n) is 9.83. The van der Waals surface area contributed by atoms with Gasteiger partial charge in [-0.05, 0) is 13.3 Å². The quantitative estimate of drug-likeness (QED) is 0.733. The van der Waals surface area contributed by atoms with Crippen LogP contribution in [0, 0.1) is 0 Å². The molecule has 0 bridgehead atoms. The molecule has 1 rings (SSSR count). The summed E-state index contributed by atoms with van der Waals surface area (Å²) >= 11 is 5.87. The number of carbonyl (C=O) groups is 1. The van der Waals surface area contributed by atoms with Gasteiger partial charge in [0.1, 0.15) is 11.1 Å². The predicted molar refractivity (Wildman–Crippen MR) is 67.8 cm³/mol. The van der Waals surface area contributed by atoms with Crippen molar-refractivity contribution in [1.29, 1.82) is 0 Å². The fourth-order valence-electron chi connectivity index (χ4n) is 1.15. The van der Waals surface area contributed by atoms with Crippen LogP contribution in [0.2, 0.25) is 5.02 Å². The Bertz CT molecular complexity index is 398. The van der Waals surface area contributed by atoms with Crippen LogP contribution in [0.3, 0.4) is 0 Å². The molecule has 1 aromatic rings. The van der Waals surface area contributed by atoms with Crippen LogP contribution in [0.4, 0.5) is 11.8 Å². The molecule has 17 heavy (non-hydrogen) atoms. The molecule has 1 amide bonds. The lowest BCUT2D eigenvalue weighted by Gasteiger charge is -2.15. The van der Waals surface area contributed by atoms with Crippen molar-refractivity contribution in [2.24, 2.45) is 0 Å². The first-order valence-electron chi connectivity index (χ1n) is 5.36. The third-order valence-corrected chi connectivity index (χ3v) is 2.34. The van der Waals surface area contributed by atoms with E-state index >= 15 is 0 Å². The number of anilines is 2. The molecule has 1 atom stereocenters. The Hall–Kier alpha value is -1.56. The van der Waals surface area contributed by atoms with Crippen molar-refractivity contribution in [1.82, 2.24) is 15.3 Å². The summed E-state index contributed by atoms with van der Waals surface area (Å²) in [6.07, 6.45) is 2.28. The monoisotopic (exact) mass is 257 g/mol. The maximum atomic E-state index is 11.6. The summed E-state index contributed by atoms with van der Waals surface area (Å²) in [5, 5.41) is 5.98. The molecule has 1 unspecified atom stereocenters. The average molecular weight is 258 g/mol. The van der Waals surface area contributed by atoms with E-state index in [4.69, 9.17) is 17.3 Å². The van der Waals surface area contributed by atoms with Gasteiger partial charge in [-0.25, -0.2) is 4.98 Å². The smallest absolute Gasteiger partial charge is 0.242 e. The van der Waals surface area contributed by atoms with Crippen LogP contribution in [0.15, 0.2) is 6.20 Å². The maximum Gasteiger partial charge on any atom is 0.242 e. The molecule has 4 N–H and O–H groups in total. The van der Waals surface area contributed by atoms with Crippen molar-refractivity contribution in [2.75, 3.05) is 17.6 Å². The van der Waals surface area contributed by atoms with Crippen molar-refractivity contribution in [3.8, 4) is 0 Å². The van der Waals surface area contributed by atoms with Gasteiger partial charge < -0.3 is 16.4 Å². The van der Waals surface area contributed by atoms with E-state index in [1.165, 1.54) is 6.20 Å². The van der Waals surface area contributed by atoms with E-state index in [2.05, 4.69) is 20.6 Å². The van der Waals surface area contributed by atoms with E-state index in [9.17, 15) is 4.79 Å². The van der Waals surface area contributed by atoms with Crippen LogP contribution >= 0.6 is 11.6 Å². The number of carbonyl (C=O) groups excluding carboxylic acids is 1. The molecule has 0 aromatic carbocycles. The van der Waals surface area contributed by atoms with Crippen molar-refractivity contribution in [2.45, 2.75) is 26.3 Å². The molecule has 0 fully saturated rings. The van der Waals surface area contributed by atoms with Gasteiger partial charge in [-0.3, -0.25) is 4.79 Å². The molecule has 7 heteroatoms. The maximum absolute atomic E-state index is 11.6. The topological polar surface area (TPSA) is 92.9 Å². The van der Waals surface area contributed by atoms with E-state index in [0.717, 1.165) is 6.42 Å². The van der Waals surface area contributed by atoms with Gasteiger partial charge in [-0.15, -0.1) is 0 Å². The molecule has 94 valence electrons. The number of nitrogens with one attached hydrogen (secondary N) is 2. The Morgan fingerprint density at radius 1 is 1.65 bits per heavy atom. The van der Waals surface area contributed by atoms with Crippen molar-refractivity contribution >= 4 is 29.3 Å². The minimum absolute atomic E-state index is 0.109. The highest BCUT2D eigenvalue weighted by molar-refractivity contribution is 6.32. The summed E-state index contributed by atoms with van der Waals surface area (Å²) < 4.78 is 0. The van der Waals surface area contributed by atoms with E-state index in [-0.39, 0.29) is 11.9 Å². The van der Waals surface area contributed by atoms with Crippen LogP contribution < -0.4 is 16.4 Å². The zero-order chi connectivity index (χ0) is 12.8. The Morgan fingerprint density at radius 3 is 3.00 bits per heavy atom. The van der Waals surface area contributed by atoms with Crippen molar-refractivity contribution in [3.05, 3.63) is 11.2 Å². The second-order valence-electron chi connectivity index (χ2n) is 3.58. The van der Waals surface area contributed by atoms with E-state index < -0.39 is 6.04 Å². The lowest BCUT2D eigenvalue weighted by Crippen LogP contribution is -2.38. The Labute approximate surface area is 105 Å². The lowest BCUT2D eigenvalue weighted by atomic mass is 10.3. The predicted octanol–water partition coefficient (Wildman–Crippen LogP) is 1.04. The Kier molecular flexibility index (Phi) is 4.96. The number of aromatic nitrogens is 2. The van der Waals surface area contributed by atoms with Crippen molar-refractivity contribution in [3.63, 3.8) is 0 Å². The first-order valence-corrected chi connectivity index (χ1v) is 5.74. The number of hydrogen-bond donors (Lipinski definition) is 3. The average Bonchev–Trinajstić information content (AvgIpc) is 2.30. The molecule has 0 saturated carbocycles. The number of nitrogen functional groups attached to an aromatic ring is 1. The van der Waals surface area contributed by atoms with Crippen LogP contribution in [0.5, 0.6) is 0 Å². The summed E-state index contributed by atoms with van der Waals surface area (Å²) in [6, 6.07) is -0.437. The molecule has 0 aliphatic heterocycles. The van der Waals surface area contributed by atoms with Gasteiger partial charge in [0.05, 0.1) is 6.20 Å². The van der Waals surface area contributed by atoms with Gasteiger partial charge in [0.15, 0.2) is 5.82 Å². The molecule has 6 nitrogen and oxygen atoms in total. The van der Waals surface area contributed by atoms with Gasteiger partial charge >= 0.3 is 0 Å². The van der Waals surface area contributed by atoms with E-state index in [0.29, 0.717) is 17.4 Å². The normalized spacial score (nSPS) is 11.9. The number of rotatable bonds is 5. The number of halogens is 1. The zero-order valence-corrected chi connectivity index (χ0v) is 10.6. The largest absolute Gasteiger partial charge is 0.368 e. The number of nitrogens with zero attached hydrogens (tertiary/aromatic N) is 2. The molecule has 1 heterocycles. The summed E-state index contributed by atoms with van der Waals surface area (Å²) in [6.45, 7) is 4.35. The molecular formula is C10H16ClN5O. The number of amides is 1. The molecule has 0 radical (unpaired) electrons. The van der Waals surface area contributed by atoms with Crippen LogP contribution in [0.25, 0.3) is 0 Å². The second-order valence-corrected chi connectivity index (χ2v) is 3.99. The van der Waals surface area contributed by atoms with Crippen LogP contribution in [-0.2, 0) is 4.79 Å². The lowest BCUT2D eigenvalue weighted by molar-refractivity contribution is -0.121. The van der Waals surface area contributed by atoms with Crippen molar-refractivity contribution < 1.29 is 4.79 Å². The van der Waals surface area contributed by atoms with E-state index in [1.807, 2.05) is 6.92 Å². The number of nitrogens with two attached hydrogens (primary N) is 1. The van der Waals surface area contributed by atoms with Gasteiger partial charge in [0.25, 0.3) is 0 Å². The number of hydrogen-bond acceptors (Lipinski definition) is 5. The van der Waals surface area contributed by atoms with Gasteiger partial charge in [-0.2, -0.15) is 4.98 Å². The third kappa shape index (κ3) is 4.07. The summed E-state index contributed by atoms with van der Waals surface area (Å²) in [7, 11) is 0. The molecule has 1 aromatic heterocycles. The summed E-state index contributed by atoms with van der Waals surface area (Å²) in [4.78, 5) is 19.3. The Balaban J connectivity index is 2.64. The van der Waals surface area contributed by atoms with E-state index in [1.54, 1.807) is 6.92 Å². The molecule has 0 aliphatic carbocycles. The summed E-state index contributed by atoms with van der Waals surface area (Å²) in [5.41, 5.74) is 5.44. The molecule has 0 saturated heterocycles. The van der Waals surface area contributed by atoms with Crippen LogP contribution in [0.1, 0.15) is 20.3 Å². The minimum atomic E-state index is -0.437. The molecule has 0 spiro atoms. The first-order chi connectivity index (χ1) is 8.04. The fraction of sp³-hybridized carbons (Fsp3) is 0.500. The standard InChI is InChI=1S/C10H16ClN5O/c1-3-4-13-9(17)6(2)15-8-7(11)5-14-10(12)16-8/h5-6H,3-4H2,1-2H3,(H,13,17)(H3,12,14,15,16). The summed E-state index contributed by atoms with van der Waals surface area (Å²) in [5.74, 6) is 0.358. The second kappa shape index (κ2) is 6.24. The highest BCUT2D eigenvalue weighted by Gasteiger charge is 2.14. The highest BCUT2D eigenvalue weighted by Crippen LogP contribution is 2.18. The SMILES string of the molecule is CCCNC(=O)C(C)Nc1nc(N)ncc1Cl. The minimum Gasteiger partial charge on any atom is -0.368 e. The third-order valence-electron chi connectivity index (χ3n) is 2.06. The van der Waals surface area contributed by atoms with Gasteiger partial charge in [-0.1, -0.05) is 18.5 Å². The first kappa shape index (κ1) is 13.5. The van der Waals surface area contributed by atoms with Crippen LogP contribution in [-0.4, -0.2) is 28.5 Å². The fourth-order valence-corrected chi connectivity index (χ4v) is 1.30. The highest BCUT2D eigenvalue weighted by atomic mass is 35.5. The molecular weight excluding hydrogens is 242 g/mol. The van der Waals surface area contributed by atoms with Gasteiger partial charge in [0, 0.05) is 6.54 Å². The van der Waals surface area contributed by atoms with Gasteiger partial charge in [0.2, 0.25) is 11.9 Å². The molecule has 0 aliphatic rings.